The fourth-order valence-corrected chi connectivity index (χ4v) is 3.86. The number of piperidine rings is 1. The molecule has 2 rings (SSSR count). The van der Waals surface area contributed by atoms with Crippen molar-refractivity contribution in [3.63, 3.8) is 0 Å². The number of nitrogens with zero attached hydrogens (tertiary/aromatic N) is 1. The van der Waals surface area contributed by atoms with Crippen LogP contribution in [0.4, 0.5) is 0 Å². The number of hydrogen-bond acceptors (Lipinski definition) is 2. The van der Waals surface area contributed by atoms with Crippen molar-refractivity contribution >= 4 is 0 Å². The van der Waals surface area contributed by atoms with Gasteiger partial charge in [0.05, 0.1) is 0 Å². The van der Waals surface area contributed by atoms with Crippen molar-refractivity contribution in [2.75, 3.05) is 19.6 Å². The summed E-state index contributed by atoms with van der Waals surface area (Å²) in [6.07, 6.45) is 8.40. The SMILES string of the molecule is CC(C)N(CC1CCNCC1)C1CCC(C)(C)CC1. The van der Waals surface area contributed by atoms with E-state index in [2.05, 4.69) is 37.9 Å². The Labute approximate surface area is 120 Å². The lowest BCUT2D eigenvalue weighted by Crippen LogP contribution is -2.47. The maximum atomic E-state index is 3.49. The van der Waals surface area contributed by atoms with Crippen molar-refractivity contribution in [2.45, 2.75) is 78.3 Å². The second-order valence-corrected chi connectivity index (χ2v) is 7.88. The molecule has 2 heteroatoms. The monoisotopic (exact) mass is 266 g/mol. The van der Waals surface area contributed by atoms with Gasteiger partial charge in [-0.25, -0.2) is 0 Å². The van der Waals surface area contributed by atoms with Crippen LogP contribution in [0.25, 0.3) is 0 Å². The summed E-state index contributed by atoms with van der Waals surface area (Å²) in [6, 6.07) is 1.56. The smallest absolute Gasteiger partial charge is 0.00984 e. The van der Waals surface area contributed by atoms with Crippen LogP contribution in [0.15, 0.2) is 0 Å². The van der Waals surface area contributed by atoms with Crippen LogP contribution in [0.2, 0.25) is 0 Å². The first-order valence-corrected chi connectivity index (χ1v) is 8.44. The molecule has 2 aliphatic rings. The highest BCUT2D eigenvalue weighted by atomic mass is 15.2. The maximum Gasteiger partial charge on any atom is 0.00984 e. The van der Waals surface area contributed by atoms with Crippen molar-refractivity contribution < 1.29 is 0 Å². The van der Waals surface area contributed by atoms with E-state index in [-0.39, 0.29) is 0 Å². The molecule has 112 valence electrons. The Hall–Kier alpha value is -0.0800. The second-order valence-electron chi connectivity index (χ2n) is 7.88. The van der Waals surface area contributed by atoms with E-state index in [1.807, 2.05) is 0 Å². The highest BCUT2D eigenvalue weighted by molar-refractivity contribution is 4.86. The minimum atomic E-state index is 0.591. The van der Waals surface area contributed by atoms with Crippen molar-refractivity contribution in [1.29, 1.82) is 0 Å². The van der Waals surface area contributed by atoms with Gasteiger partial charge in [0.1, 0.15) is 0 Å². The minimum Gasteiger partial charge on any atom is -0.317 e. The van der Waals surface area contributed by atoms with Gasteiger partial charge < -0.3 is 5.32 Å². The van der Waals surface area contributed by atoms with Crippen LogP contribution in [0.5, 0.6) is 0 Å². The molecule has 0 amide bonds. The van der Waals surface area contributed by atoms with Crippen LogP contribution in [0.1, 0.15) is 66.2 Å². The van der Waals surface area contributed by atoms with E-state index >= 15 is 0 Å². The van der Waals surface area contributed by atoms with Gasteiger partial charge in [0.15, 0.2) is 0 Å². The molecule has 0 bridgehead atoms. The molecule has 1 aliphatic carbocycles. The molecule has 0 aromatic rings. The Balaban J connectivity index is 1.88. The average Bonchev–Trinajstić information content (AvgIpc) is 2.37. The zero-order chi connectivity index (χ0) is 13.9. The van der Waals surface area contributed by atoms with Crippen LogP contribution in [0, 0.1) is 11.3 Å². The molecule has 0 aromatic carbocycles. The van der Waals surface area contributed by atoms with Gasteiger partial charge in [-0.3, -0.25) is 4.90 Å². The van der Waals surface area contributed by atoms with Gasteiger partial charge in [-0.2, -0.15) is 0 Å². The van der Waals surface area contributed by atoms with Gasteiger partial charge in [-0.1, -0.05) is 13.8 Å². The number of hydrogen-bond donors (Lipinski definition) is 1. The molecule has 0 unspecified atom stereocenters. The highest BCUT2D eigenvalue weighted by Gasteiger charge is 2.32. The molecule has 2 fully saturated rings. The van der Waals surface area contributed by atoms with E-state index in [1.54, 1.807) is 0 Å². The fraction of sp³-hybridized carbons (Fsp3) is 1.00. The average molecular weight is 266 g/mol. The minimum absolute atomic E-state index is 0.591. The van der Waals surface area contributed by atoms with Crippen LogP contribution in [-0.4, -0.2) is 36.6 Å². The van der Waals surface area contributed by atoms with Crippen molar-refractivity contribution in [2.24, 2.45) is 11.3 Å². The van der Waals surface area contributed by atoms with Crippen LogP contribution in [0.3, 0.4) is 0 Å². The molecule has 0 spiro atoms. The van der Waals surface area contributed by atoms with Crippen LogP contribution >= 0.6 is 0 Å². The third-order valence-electron chi connectivity index (χ3n) is 5.37. The molecule has 2 nitrogen and oxygen atoms in total. The Morgan fingerprint density at radius 2 is 1.63 bits per heavy atom. The van der Waals surface area contributed by atoms with Crippen molar-refractivity contribution in [1.82, 2.24) is 10.2 Å². The van der Waals surface area contributed by atoms with Crippen molar-refractivity contribution in [3.05, 3.63) is 0 Å². The third kappa shape index (κ3) is 4.46. The maximum absolute atomic E-state index is 3.49. The van der Waals surface area contributed by atoms with Crippen molar-refractivity contribution in [3.8, 4) is 0 Å². The van der Waals surface area contributed by atoms with E-state index in [4.69, 9.17) is 0 Å². The van der Waals surface area contributed by atoms with Crippen LogP contribution in [-0.2, 0) is 0 Å². The van der Waals surface area contributed by atoms with Gasteiger partial charge in [0.2, 0.25) is 0 Å². The summed E-state index contributed by atoms with van der Waals surface area (Å²) in [5, 5.41) is 3.49. The van der Waals surface area contributed by atoms with Gasteiger partial charge in [-0.15, -0.1) is 0 Å². The van der Waals surface area contributed by atoms with E-state index in [0.717, 1.165) is 12.0 Å². The molecule has 0 radical (unpaired) electrons. The second kappa shape index (κ2) is 6.58. The Bertz CT molecular complexity index is 256. The summed E-state index contributed by atoms with van der Waals surface area (Å²) in [5.74, 6) is 0.929. The van der Waals surface area contributed by atoms with Gasteiger partial charge in [0, 0.05) is 18.6 Å². The number of nitrogens with one attached hydrogen (secondary N) is 1. The van der Waals surface area contributed by atoms with Gasteiger partial charge >= 0.3 is 0 Å². The van der Waals surface area contributed by atoms with Gasteiger partial charge in [0.25, 0.3) is 0 Å². The van der Waals surface area contributed by atoms with Crippen LogP contribution < -0.4 is 5.32 Å². The third-order valence-corrected chi connectivity index (χ3v) is 5.37. The zero-order valence-electron chi connectivity index (χ0n) is 13.5. The van der Waals surface area contributed by atoms with E-state index in [9.17, 15) is 0 Å². The zero-order valence-corrected chi connectivity index (χ0v) is 13.5. The Morgan fingerprint density at radius 1 is 1.05 bits per heavy atom. The summed E-state index contributed by atoms with van der Waals surface area (Å²) < 4.78 is 0. The summed E-state index contributed by atoms with van der Waals surface area (Å²) in [6.45, 7) is 13.5. The van der Waals surface area contributed by atoms with E-state index in [1.165, 1.54) is 58.2 Å². The molecule has 1 N–H and O–H groups in total. The summed E-state index contributed by atoms with van der Waals surface area (Å²) >= 11 is 0. The molecule has 1 heterocycles. The predicted octanol–water partition coefficient (Wildman–Crippen LogP) is 3.67. The van der Waals surface area contributed by atoms with Gasteiger partial charge in [-0.05, 0) is 76.8 Å². The molecular formula is C17H34N2. The first kappa shape index (κ1) is 15.3. The first-order valence-electron chi connectivity index (χ1n) is 8.44. The quantitative estimate of drug-likeness (QED) is 0.835. The molecule has 1 saturated heterocycles. The van der Waals surface area contributed by atoms with E-state index < -0.39 is 0 Å². The lowest BCUT2D eigenvalue weighted by molar-refractivity contribution is 0.0634. The highest BCUT2D eigenvalue weighted by Crippen LogP contribution is 2.37. The lowest BCUT2D eigenvalue weighted by Gasteiger charge is -2.43. The molecule has 1 aliphatic heterocycles. The Morgan fingerprint density at radius 3 is 2.16 bits per heavy atom. The topological polar surface area (TPSA) is 15.3 Å². The molecule has 1 saturated carbocycles. The summed E-state index contributed by atoms with van der Waals surface area (Å²) in [5.41, 5.74) is 0.591. The predicted molar refractivity (Wildman–Crippen MR) is 83.5 cm³/mol. The van der Waals surface area contributed by atoms with E-state index in [0.29, 0.717) is 11.5 Å². The normalized spacial score (nSPS) is 26.2. The summed E-state index contributed by atoms with van der Waals surface area (Å²) in [7, 11) is 0. The standard InChI is InChI=1S/C17H34N2/c1-14(2)19(13-15-7-11-18-12-8-15)16-5-9-17(3,4)10-6-16/h14-16,18H,5-13H2,1-4H3. The number of rotatable bonds is 4. The lowest BCUT2D eigenvalue weighted by atomic mass is 9.75. The molecule has 0 aromatic heterocycles. The largest absolute Gasteiger partial charge is 0.317 e. The fourth-order valence-electron chi connectivity index (χ4n) is 3.86. The molecule has 19 heavy (non-hydrogen) atoms. The Kier molecular flexibility index (Phi) is 5.30. The molecular weight excluding hydrogens is 232 g/mol. The first-order chi connectivity index (χ1) is 8.98. The molecule has 0 atom stereocenters. The summed E-state index contributed by atoms with van der Waals surface area (Å²) in [4.78, 5) is 2.82.